The largest absolute Gasteiger partial charge is 0.464 e. The Balaban J connectivity index is 1.85. The van der Waals surface area contributed by atoms with Gasteiger partial charge in [-0.15, -0.1) is 23.2 Å². The molecule has 2 aromatic carbocycles. The summed E-state index contributed by atoms with van der Waals surface area (Å²) >= 11 is 11.8. The summed E-state index contributed by atoms with van der Waals surface area (Å²) in [6.45, 7) is 5.36. The van der Waals surface area contributed by atoms with Crippen LogP contribution in [0.1, 0.15) is 58.8 Å². The van der Waals surface area contributed by atoms with Crippen molar-refractivity contribution >= 4 is 41.4 Å². The molecule has 0 bridgehead atoms. The number of benzene rings is 2. The molecular weight excluding hydrogens is 521 g/mol. The number of alkyl halides is 2. The summed E-state index contributed by atoms with van der Waals surface area (Å²) in [6, 6.07) is 13.0. The molecule has 1 aromatic heterocycles. The quantitative estimate of drug-likeness (QED) is 0.216. The maximum Gasteiger partial charge on any atom is 0.417 e. The smallest absolute Gasteiger partial charge is 0.417 e. The summed E-state index contributed by atoms with van der Waals surface area (Å²) in [5.41, 5.74) is 0.810. The van der Waals surface area contributed by atoms with E-state index in [2.05, 4.69) is 4.98 Å². The van der Waals surface area contributed by atoms with Gasteiger partial charge < -0.3 is 19.5 Å². The summed E-state index contributed by atoms with van der Waals surface area (Å²) in [6.07, 6.45) is 0.936. The highest BCUT2D eigenvalue weighted by molar-refractivity contribution is 6.44. The highest BCUT2D eigenvalue weighted by atomic mass is 35.5. The van der Waals surface area contributed by atoms with Crippen LogP contribution in [-0.4, -0.2) is 56.9 Å². The van der Waals surface area contributed by atoms with E-state index >= 15 is 0 Å². The predicted octanol–water partition coefficient (Wildman–Crippen LogP) is 6.10. The number of aromatic nitrogens is 2. The van der Waals surface area contributed by atoms with Crippen molar-refractivity contribution in [1.82, 2.24) is 14.5 Å². The van der Waals surface area contributed by atoms with Gasteiger partial charge in [0, 0.05) is 26.0 Å². The van der Waals surface area contributed by atoms with Gasteiger partial charge in [-0.3, -0.25) is 0 Å². The van der Waals surface area contributed by atoms with Gasteiger partial charge >= 0.3 is 18.2 Å². The van der Waals surface area contributed by atoms with Gasteiger partial charge in [0.15, 0.2) is 0 Å². The van der Waals surface area contributed by atoms with Crippen LogP contribution in [0, 0.1) is 0 Å². The van der Waals surface area contributed by atoms with Gasteiger partial charge in [-0.05, 0) is 56.2 Å². The average molecular weight is 548 g/mol. The van der Waals surface area contributed by atoms with Crippen molar-refractivity contribution in [3.05, 3.63) is 83.4 Å². The van der Waals surface area contributed by atoms with Crippen LogP contribution < -0.4 is 4.74 Å². The summed E-state index contributed by atoms with van der Waals surface area (Å²) in [5, 5.41) is 9.60. The Morgan fingerprint density at radius 1 is 1.08 bits per heavy atom. The Hall–Kier alpha value is -3.56. The van der Waals surface area contributed by atoms with Gasteiger partial charge in [-0.2, -0.15) is 0 Å². The molecule has 1 heterocycles. The predicted molar refractivity (Wildman–Crippen MR) is 139 cm³/mol. The Morgan fingerprint density at radius 3 is 2.35 bits per heavy atom. The summed E-state index contributed by atoms with van der Waals surface area (Å²) in [4.78, 5) is 41.7. The van der Waals surface area contributed by atoms with Crippen LogP contribution in [0.15, 0.2) is 60.9 Å². The van der Waals surface area contributed by atoms with Crippen LogP contribution in [0.3, 0.4) is 0 Å². The number of halogens is 2. The second-order valence-electron chi connectivity index (χ2n) is 9.24. The summed E-state index contributed by atoms with van der Waals surface area (Å²) in [5.74, 6) is -0.713. The zero-order valence-electron chi connectivity index (χ0n) is 20.7. The number of carbonyl (C=O) groups is 3. The average Bonchev–Trinajstić information content (AvgIpc) is 3.32. The number of hydrogen-bond acceptors (Lipinski definition) is 6. The van der Waals surface area contributed by atoms with E-state index in [0.29, 0.717) is 11.1 Å². The first kappa shape index (κ1) is 28.0. The lowest BCUT2D eigenvalue weighted by Gasteiger charge is -2.27. The molecular formula is C26H27Cl2N3O6. The molecule has 0 radical (unpaired) electrons. The minimum absolute atomic E-state index is 0.0865. The minimum atomic E-state index is -1.21. The lowest BCUT2D eigenvalue weighted by atomic mass is 9.97. The molecule has 0 spiro atoms. The number of carbonyl (C=O) groups excluding carboxylic acids is 2. The van der Waals surface area contributed by atoms with E-state index in [1.165, 1.54) is 17.3 Å². The fraction of sp³-hybridized carbons (Fsp3) is 0.308. The third-order valence-corrected chi connectivity index (χ3v) is 5.72. The maximum absolute atomic E-state index is 12.6. The van der Waals surface area contributed by atoms with E-state index in [-0.39, 0.29) is 23.7 Å². The molecule has 3 aromatic rings. The number of esters is 1. The van der Waals surface area contributed by atoms with E-state index < -0.39 is 34.5 Å². The van der Waals surface area contributed by atoms with Gasteiger partial charge in [0.05, 0.1) is 11.5 Å². The number of amides is 1. The summed E-state index contributed by atoms with van der Waals surface area (Å²) < 4.78 is 11.9. The van der Waals surface area contributed by atoms with E-state index in [1.54, 1.807) is 76.3 Å². The fourth-order valence-electron chi connectivity index (χ4n) is 3.49. The van der Waals surface area contributed by atoms with Crippen molar-refractivity contribution in [1.29, 1.82) is 0 Å². The van der Waals surface area contributed by atoms with Crippen molar-refractivity contribution in [3.63, 3.8) is 0 Å². The highest BCUT2D eigenvalue weighted by Gasteiger charge is 2.27. The molecule has 3 rings (SSSR count). The fourth-order valence-corrected chi connectivity index (χ4v) is 3.77. The molecule has 0 aliphatic carbocycles. The number of carboxylic acid groups (broad SMARTS) is 1. The van der Waals surface area contributed by atoms with E-state index in [1.807, 2.05) is 0 Å². The first-order chi connectivity index (χ1) is 17.4. The molecule has 11 heteroatoms. The first-order valence-electron chi connectivity index (χ1n) is 11.3. The van der Waals surface area contributed by atoms with Gasteiger partial charge in [0.2, 0.25) is 0 Å². The zero-order valence-corrected chi connectivity index (χ0v) is 22.2. The molecule has 37 heavy (non-hydrogen) atoms. The molecule has 0 fully saturated rings. The zero-order chi connectivity index (χ0) is 27.3. The highest BCUT2D eigenvalue weighted by Crippen LogP contribution is 2.28. The van der Waals surface area contributed by atoms with E-state index in [0.717, 1.165) is 4.57 Å². The third-order valence-electron chi connectivity index (χ3n) is 5.22. The molecule has 9 nitrogen and oxygen atoms in total. The minimum Gasteiger partial charge on any atom is -0.464 e. The molecule has 1 N–H and O–H groups in total. The van der Waals surface area contributed by atoms with Crippen LogP contribution in [0.4, 0.5) is 9.59 Å². The SMILES string of the molecule is CN(CC(c1ccc(OC(=O)c2cccc(C(Cl)Cl)c2)cc1)c1nccn1C(=O)O)C(=O)OC(C)(C)C. The number of likely N-dealkylation sites (N-methyl/N-ethyl adjacent to an activating group) is 1. The van der Waals surface area contributed by atoms with Crippen molar-refractivity contribution < 1.29 is 29.0 Å². The molecule has 1 amide bonds. The number of ether oxygens (including phenoxy) is 2. The Bertz CT molecular complexity index is 1270. The second kappa shape index (κ2) is 11.7. The Kier molecular flexibility index (Phi) is 8.83. The molecule has 1 atom stereocenters. The molecule has 1 unspecified atom stereocenters. The lowest BCUT2D eigenvalue weighted by molar-refractivity contribution is 0.0292. The number of imidazole rings is 1. The maximum atomic E-state index is 12.6. The monoisotopic (exact) mass is 547 g/mol. The molecule has 0 saturated carbocycles. The second-order valence-corrected chi connectivity index (χ2v) is 10.3. The summed E-state index contributed by atoms with van der Waals surface area (Å²) in [7, 11) is 1.56. The number of hydrogen-bond donors (Lipinski definition) is 1. The van der Waals surface area contributed by atoms with Crippen molar-refractivity contribution in [3.8, 4) is 5.75 Å². The van der Waals surface area contributed by atoms with E-state index in [9.17, 15) is 19.5 Å². The molecule has 196 valence electrons. The van der Waals surface area contributed by atoms with Gasteiger partial charge in [0.1, 0.15) is 22.0 Å². The topological polar surface area (TPSA) is 111 Å². The van der Waals surface area contributed by atoms with Crippen LogP contribution in [-0.2, 0) is 4.74 Å². The molecule has 0 saturated heterocycles. The van der Waals surface area contributed by atoms with Gasteiger partial charge in [-0.25, -0.2) is 23.9 Å². The normalized spacial score (nSPS) is 12.2. The Morgan fingerprint density at radius 2 is 1.76 bits per heavy atom. The Labute approximate surface area is 224 Å². The number of rotatable bonds is 7. The van der Waals surface area contributed by atoms with Crippen LogP contribution in [0.2, 0.25) is 0 Å². The van der Waals surface area contributed by atoms with E-state index in [4.69, 9.17) is 32.7 Å². The van der Waals surface area contributed by atoms with Crippen LogP contribution in [0.25, 0.3) is 0 Å². The number of nitrogens with zero attached hydrogens (tertiary/aromatic N) is 3. The van der Waals surface area contributed by atoms with Crippen LogP contribution >= 0.6 is 23.2 Å². The molecule has 0 aliphatic heterocycles. The third kappa shape index (κ3) is 7.47. The lowest BCUT2D eigenvalue weighted by Crippen LogP contribution is -2.37. The standard InChI is InChI=1S/C26H27Cl2N3O6/c1-26(2,3)37-25(35)30(4)15-20(22-29-12-13-31(22)24(33)34)16-8-10-19(11-9-16)36-23(32)18-7-5-6-17(14-18)21(27)28/h5-14,20-21H,15H2,1-4H3,(H,33,34). The first-order valence-corrected chi connectivity index (χ1v) is 12.1. The van der Waals surface area contributed by atoms with Gasteiger partial charge in [0.25, 0.3) is 0 Å². The van der Waals surface area contributed by atoms with Crippen LogP contribution in [0.5, 0.6) is 5.75 Å². The van der Waals surface area contributed by atoms with Crippen molar-refractivity contribution in [2.75, 3.05) is 13.6 Å². The van der Waals surface area contributed by atoms with Crippen molar-refractivity contribution in [2.24, 2.45) is 0 Å². The van der Waals surface area contributed by atoms with Gasteiger partial charge in [-0.1, -0.05) is 24.3 Å². The van der Waals surface area contributed by atoms with Crippen molar-refractivity contribution in [2.45, 2.75) is 37.1 Å². The molecule has 0 aliphatic rings.